The van der Waals surface area contributed by atoms with Crippen molar-refractivity contribution in [2.24, 2.45) is 9.98 Å². The second-order valence-corrected chi connectivity index (χ2v) is 16.8. The van der Waals surface area contributed by atoms with Gasteiger partial charge in [-0.3, -0.25) is 19.4 Å². The van der Waals surface area contributed by atoms with Crippen molar-refractivity contribution < 1.29 is 9.59 Å². The van der Waals surface area contributed by atoms with Crippen LogP contribution >= 0.6 is 93.3 Å². The van der Waals surface area contributed by atoms with Crippen molar-refractivity contribution in [1.29, 1.82) is 0 Å². The van der Waals surface area contributed by atoms with E-state index in [1.165, 1.54) is 63.2 Å². The Hall–Kier alpha value is -1.52. The van der Waals surface area contributed by atoms with Crippen LogP contribution in [0.25, 0.3) is 28.6 Å². The summed E-state index contributed by atoms with van der Waals surface area (Å²) in [7, 11) is 0. The molecule has 0 atom stereocenters. The minimum Gasteiger partial charge on any atom is -0.292 e. The van der Waals surface area contributed by atoms with Crippen LogP contribution in [0.15, 0.2) is 22.1 Å². The molecule has 0 saturated carbocycles. The molecule has 2 saturated heterocycles. The highest BCUT2D eigenvalue weighted by atomic mass is 32.2. The van der Waals surface area contributed by atoms with Crippen molar-refractivity contribution in [3.8, 4) is 9.75 Å². The van der Waals surface area contributed by atoms with Crippen LogP contribution in [-0.2, 0) is 15.0 Å². The molecule has 39 heavy (non-hydrogen) atoms. The Bertz CT molecular complexity index is 1870. The number of nitrogens with zero attached hydrogens (tertiary/aromatic N) is 4. The van der Waals surface area contributed by atoms with Gasteiger partial charge in [-0.15, -0.1) is 45.3 Å². The molecular weight excluding hydrogens is 645 g/mol. The molecule has 0 radical (unpaired) electrons. The van der Waals surface area contributed by atoms with E-state index in [0.717, 1.165) is 10.0 Å². The maximum absolute atomic E-state index is 12.7. The van der Waals surface area contributed by atoms with Crippen LogP contribution in [0.3, 0.4) is 0 Å². The molecule has 3 aliphatic rings. The fourth-order valence-corrected chi connectivity index (χ4v) is 13.5. The van der Waals surface area contributed by atoms with Crippen LogP contribution in [0, 0.1) is 0 Å². The number of aliphatic imine (C=N–C) groups is 2. The first-order valence-electron chi connectivity index (χ1n) is 12.0. The van der Waals surface area contributed by atoms with Crippen LogP contribution in [0.4, 0.5) is 10.0 Å². The lowest BCUT2D eigenvalue weighted by Crippen LogP contribution is -2.29. The van der Waals surface area contributed by atoms with E-state index >= 15 is 0 Å². The van der Waals surface area contributed by atoms with E-state index in [2.05, 4.69) is 31.0 Å². The first-order valence-corrected chi connectivity index (χ1v) is 17.7. The molecule has 1 aliphatic carbocycles. The number of thioether (sulfide) groups is 2. The van der Waals surface area contributed by atoms with Gasteiger partial charge in [-0.2, -0.15) is 0 Å². The van der Waals surface area contributed by atoms with Crippen molar-refractivity contribution in [3.05, 3.63) is 23.3 Å². The second kappa shape index (κ2) is 9.24. The van der Waals surface area contributed by atoms with E-state index in [1.807, 2.05) is 25.2 Å². The second-order valence-electron chi connectivity index (χ2n) is 9.47. The van der Waals surface area contributed by atoms with Crippen molar-refractivity contribution in [2.45, 2.75) is 33.1 Å². The normalized spacial score (nSPS) is 20.7. The van der Waals surface area contributed by atoms with Crippen molar-refractivity contribution >= 4 is 153 Å². The summed E-state index contributed by atoms with van der Waals surface area (Å²) in [5.74, 6) is -0.225. The number of thiocarbonyl (C=S) groups is 2. The highest BCUT2D eigenvalue weighted by Crippen LogP contribution is 2.62. The lowest BCUT2D eigenvalue weighted by atomic mass is 9.84. The van der Waals surface area contributed by atoms with Gasteiger partial charge in [0.1, 0.15) is 18.6 Å². The number of carbonyl (C=O) groups is 2. The largest absolute Gasteiger partial charge is 0.292 e. The van der Waals surface area contributed by atoms with E-state index in [0.29, 0.717) is 31.8 Å². The smallest absolute Gasteiger partial charge is 0.285 e. The standard InChI is InChI=1S/C25H18N4O2S8/c1-5-28-21(30)19(38-23(28)32)26-11-7-9-14(35-11)16-13(25(9,3)4)17-18(37-16)15-10(34-17)8-12(36-15)27-20-22(31)29(6-2)24(33)39-20/h7-8H,5-6H2,1-4H3. The van der Waals surface area contributed by atoms with Crippen molar-refractivity contribution in [1.82, 2.24) is 9.80 Å². The lowest BCUT2D eigenvalue weighted by molar-refractivity contribution is -0.120. The van der Waals surface area contributed by atoms with Gasteiger partial charge in [-0.1, -0.05) is 38.3 Å². The van der Waals surface area contributed by atoms with E-state index in [4.69, 9.17) is 29.4 Å². The molecule has 0 spiro atoms. The summed E-state index contributed by atoms with van der Waals surface area (Å²) >= 11 is 20.1. The summed E-state index contributed by atoms with van der Waals surface area (Å²) in [5, 5.41) is 2.56. The van der Waals surface area contributed by atoms with Crippen molar-refractivity contribution in [2.75, 3.05) is 13.1 Å². The van der Waals surface area contributed by atoms with Crippen LogP contribution in [0.2, 0.25) is 0 Å². The number of amides is 2. The van der Waals surface area contributed by atoms with Gasteiger partial charge >= 0.3 is 0 Å². The minimum atomic E-state index is -0.169. The molecule has 2 fully saturated rings. The highest BCUT2D eigenvalue weighted by Gasteiger charge is 2.42. The quantitative estimate of drug-likeness (QED) is 0.205. The lowest BCUT2D eigenvalue weighted by Gasteiger charge is -2.19. The summed E-state index contributed by atoms with van der Waals surface area (Å²) in [6.07, 6.45) is 0. The Morgan fingerprint density at radius 1 is 0.769 bits per heavy atom. The molecule has 6 heterocycles. The van der Waals surface area contributed by atoms with Gasteiger partial charge in [0.05, 0.1) is 23.9 Å². The molecule has 198 valence electrons. The summed E-state index contributed by atoms with van der Waals surface area (Å²) in [6, 6.07) is 4.23. The predicted molar refractivity (Wildman–Crippen MR) is 180 cm³/mol. The Morgan fingerprint density at radius 2 is 1.36 bits per heavy atom. The molecule has 2 aliphatic heterocycles. The molecule has 0 N–H and O–H groups in total. The van der Waals surface area contributed by atoms with Gasteiger partial charge in [0.15, 0.2) is 10.1 Å². The zero-order valence-corrected chi connectivity index (χ0v) is 27.5. The molecule has 2 amide bonds. The fourth-order valence-electron chi connectivity index (χ4n) is 5.00. The Kier molecular flexibility index (Phi) is 6.25. The third-order valence-electron chi connectivity index (χ3n) is 6.91. The number of carbonyl (C=O) groups excluding carboxylic acids is 2. The Morgan fingerprint density at radius 3 is 1.92 bits per heavy atom. The monoisotopic (exact) mass is 662 g/mol. The molecule has 14 heteroatoms. The van der Waals surface area contributed by atoms with Crippen LogP contribution < -0.4 is 0 Å². The average Bonchev–Trinajstić information content (AvgIpc) is 3.70. The molecule has 0 bridgehead atoms. The SMILES string of the molecule is CCN1C(=O)C(=Nc2cc3c(s2)-c2sc4c(sc5cc(N=C6SC(=S)N(CC)C6=O)sc54)c2C3(C)C)SC1=S. The summed E-state index contributed by atoms with van der Waals surface area (Å²) in [6.45, 7) is 9.49. The molecule has 0 unspecified atom stereocenters. The summed E-state index contributed by atoms with van der Waals surface area (Å²) in [4.78, 5) is 40.4. The maximum atomic E-state index is 12.7. The van der Waals surface area contributed by atoms with Crippen LogP contribution in [0.5, 0.6) is 0 Å². The van der Waals surface area contributed by atoms with Gasteiger partial charge in [0, 0.05) is 23.2 Å². The number of hydrogen-bond acceptors (Lipinski definition) is 12. The first-order chi connectivity index (χ1) is 18.6. The van der Waals surface area contributed by atoms with Crippen molar-refractivity contribution in [3.63, 3.8) is 0 Å². The number of thiophene rings is 4. The first kappa shape index (κ1) is 26.4. The molecule has 4 aromatic heterocycles. The summed E-state index contributed by atoms with van der Waals surface area (Å²) < 4.78 is 6.15. The summed E-state index contributed by atoms with van der Waals surface area (Å²) in [5.41, 5.74) is 2.47. The zero-order valence-electron chi connectivity index (χ0n) is 20.9. The molecular formula is C25H18N4O2S8. The fraction of sp³-hybridized carbons (Fsp3) is 0.280. The Labute approximate surface area is 259 Å². The van der Waals surface area contributed by atoms with Gasteiger partial charge in [-0.05, 0) is 60.6 Å². The van der Waals surface area contributed by atoms with Gasteiger partial charge in [0.25, 0.3) is 11.8 Å². The topological polar surface area (TPSA) is 65.3 Å². The van der Waals surface area contributed by atoms with E-state index < -0.39 is 0 Å². The number of rotatable bonds is 4. The highest BCUT2D eigenvalue weighted by molar-refractivity contribution is 8.35. The third-order valence-corrected chi connectivity index (χ3v) is 14.6. The molecule has 0 aromatic carbocycles. The average molecular weight is 663 g/mol. The van der Waals surface area contributed by atoms with E-state index in [9.17, 15) is 9.59 Å². The zero-order chi connectivity index (χ0) is 27.4. The van der Waals surface area contributed by atoms with Crippen LogP contribution in [0.1, 0.15) is 38.8 Å². The third kappa shape index (κ3) is 3.83. The van der Waals surface area contributed by atoms with Crippen LogP contribution in [-0.4, -0.2) is 53.4 Å². The maximum Gasteiger partial charge on any atom is 0.285 e. The van der Waals surface area contributed by atoms with Gasteiger partial charge < -0.3 is 0 Å². The van der Waals surface area contributed by atoms with E-state index in [1.54, 1.807) is 43.8 Å². The number of hydrogen-bond donors (Lipinski definition) is 0. The Balaban J connectivity index is 1.28. The molecule has 4 aromatic rings. The molecule has 7 rings (SSSR count). The molecule has 6 nitrogen and oxygen atoms in total. The minimum absolute atomic E-state index is 0.112. The predicted octanol–water partition coefficient (Wildman–Crippen LogP) is 8.37. The van der Waals surface area contributed by atoms with Gasteiger partial charge in [0.2, 0.25) is 0 Å². The van der Waals surface area contributed by atoms with E-state index in [-0.39, 0.29) is 17.2 Å². The van der Waals surface area contributed by atoms with Gasteiger partial charge in [-0.25, -0.2) is 9.98 Å². The number of fused-ring (bicyclic) bond motifs is 7.